The highest BCUT2D eigenvalue weighted by Crippen LogP contribution is 2.18. The number of nitrogens with zero attached hydrogens (tertiary/aromatic N) is 1. The largest absolute Gasteiger partial charge is 0.396 e. The van der Waals surface area contributed by atoms with Crippen molar-refractivity contribution in [2.45, 2.75) is 6.42 Å². The number of pyridine rings is 1. The van der Waals surface area contributed by atoms with Crippen molar-refractivity contribution in [3.05, 3.63) is 54.0 Å². The zero-order valence-electron chi connectivity index (χ0n) is 8.73. The van der Waals surface area contributed by atoms with Crippen molar-refractivity contribution >= 4 is 0 Å². The van der Waals surface area contributed by atoms with Crippen molar-refractivity contribution in [1.82, 2.24) is 4.98 Å². The zero-order valence-corrected chi connectivity index (χ0v) is 8.73. The second-order valence-corrected chi connectivity index (χ2v) is 3.50. The molecule has 2 nitrogen and oxygen atoms in total. The Morgan fingerprint density at radius 2 is 1.94 bits per heavy atom. The van der Waals surface area contributed by atoms with Crippen LogP contribution in [0, 0.1) is 5.82 Å². The lowest BCUT2D eigenvalue weighted by Crippen LogP contribution is -1.95. The Bertz CT molecular complexity index is 485. The molecule has 0 amide bonds. The van der Waals surface area contributed by atoms with Gasteiger partial charge in [-0.05, 0) is 24.3 Å². The van der Waals surface area contributed by atoms with E-state index in [1.54, 1.807) is 6.07 Å². The van der Waals surface area contributed by atoms with Crippen molar-refractivity contribution in [1.29, 1.82) is 0 Å². The molecule has 0 bridgehead atoms. The Morgan fingerprint density at radius 3 is 2.69 bits per heavy atom. The van der Waals surface area contributed by atoms with Crippen molar-refractivity contribution in [3.63, 3.8) is 0 Å². The first-order valence-corrected chi connectivity index (χ1v) is 5.12. The van der Waals surface area contributed by atoms with Gasteiger partial charge in [-0.3, -0.25) is 4.98 Å². The van der Waals surface area contributed by atoms with Gasteiger partial charge >= 0.3 is 0 Å². The van der Waals surface area contributed by atoms with Crippen LogP contribution in [-0.2, 0) is 6.42 Å². The van der Waals surface area contributed by atoms with Crippen LogP contribution in [0.1, 0.15) is 5.69 Å². The summed E-state index contributed by atoms with van der Waals surface area (Å²) in [7, 11) is 0. The number of hydrogen-bond acceptors (Lipinski definition) is 2. The molecule has 1 N–H and O–H groups in total. The summed E-state index contributed by atoms with van der Waals surface area (Å²) in [4.78, 5) is 4.35. The van der Waals surface area contributed by atoms with Gasteiger partial charge in [0.25, 0.3) is 0 Å². The molecule has 0 saturated heterocycles. The highest BCUT2D eigenvalue weighted by atomic mass is 19.1. The number of halogens is 1. The average molecular weight is 217 g/mol. The third-order valence-electron chi connectivity index (χ3n) is 2.30. The number of hydrogen-bond donors (Lipinski definition) is 1. The summed E-state index contributed by atoms with van der Waals surface area (Å²) in [6.45, 7) is 0.0691. The van der Waals surface area contributed by atoms with Crippen LogP contribution >= 0.6 is 0 Å². The average Bonchev–Trinajstić information content (AvgIpc) is 2.30. The molecule has 0 aliphatic carbocycles. The molecule has 1 aromatic heterocycles. The molecule has 0 fully saturated rings. The molecule has 16 heavy (non-hydrogen) atoms. The van der Waals surface area contributed by atoms with Crippen LogP contribution < -0.4 is 0 Å². The maximum Gasteiger partial charge on any atom is 0.123 e. The van der Waals surface area contributed by atoms with E-state index in [2.05, 4.69) is 4.98 Å². The topological polar surface area (TPSA) is 33.1 Å². The fraction of sp³-hybridized carbons (Fsp3) is 0.154. The number of aliphatic hydroxyl groups excluding tert-OH is 1. The molecule has 2 rings (SSSR count). The minimum absolute atomic E-state index is 0.0691. The van der Waals surface area contributed by atoms with Gasteiger partial charge in [0.05, 0.1) is 5.69 Å². The summed E-state index contributed by atoms with van der Waals surface area (Å²) in [6.07, 6.45) is 0.517. The molecule has 0 saturated carbocycles. The quantitative estimate of drug-likeness (QED) is 0.856. The van der Waals surface area contributed by atoms with Gasteiger partial charge in [0, 0.05) is 24.3 Å². The second-order valence-electron chi connectivity index (χ2n) is 3.50. The molecule has 0 atom stereocenters. The van der Waals surface area contributed by atoms with E-state index in [-0.39, 0.29) is 12.4 Å². The van der Waals surface area contributed by atoms with Gasteiger partial charge in [0.1, 0.15) is 5.82 Å². The predicted molar refractivity (Wildman–Crippen MR) is 60.4 cm³/mol. The summed E-state index contributed by atoms with van der Waals surface area (Å²) in [5.74, 6) is -0.271. The highest BCUT2D eigenvalue weighted by molar-refractivity contribution is 5.58. The van der Waals surface area contributed by atoms with Gasteiger partial charge in [-0.25, -0.2) is 4.39 Å². The molecule has 0 radical (unpaired) electrons. The zero-order chi connectivity index (χ0) is 11.4. The Morgan fingerprint density at radius 1 is 1.12 bits per heavy atom. The van der Waals surface area contributed by atoms with Crippen molar-refractivity contribution in [2.24, 2.45) is 0 Å². The molecule has 82 valence electrons. The van der Waals surface area contributed by atoms with E-state index in [0.29, 0.717) is 6.42 Å². The summed E-state index contributed by atoms with van der Waals surface area (Å²) in [5.41, 5.74) is 2.29. The van der Waals surface area contributed by atoms with Gasteiger partial charge in [-0.2, -0.15) is 0 Å². The van der Waals surface area contributed by atoms with Crippen LogP contribution in [0.3, 0.4) is 0 Å². The third-order valence-corrected chi connectivity index (χ3v) is 2.30. The lowest BCUT2D eigenvalue weighted by Gasteiger charge is -2.03. The molecular weight excluding hydrogens is 205 g/mol. The minimum Gasteiger partial charge on any atom is -0.396 e. The van der Waals surface area contributed by atoms with Crippen LogP contribution in [0.4, 0.5) is 4.39 Å². The lowest BCUT2D eigenvalue weighted by molar-refractivity contribution is 0.298. The van der Waals surface area contributed by atoms with Crippen molar-refractivity contribution in [2.75, 3.05) is 6.61 Å². The highest BCUT2D eigenvalue weighted by Gasteiger charge is 2.01. The van der Waals surface area contributed by atoms with E-state index in [1.165, 1.54) is 12.1 Å². The van der Waals surface area contributed by atoms with E-state index >= 15 is 0 Å². The Hall–Kier alpha value is -1.74. The second kappa shape index (κ2) is 4.86. The maximum absolute atomic E-state index is 13.0. The SMILES string of the molecule is OCCc1cccc(-c2cccc(F)c2)n1. The molecular formula is C13H12FNO. The summed E-state index contributed by atoms with van der Waals surface area (Å²) < 4.78 is 13.0. The molecule has 0 unspecified atom stereocenters. The molecule has 0 spiro atoms. The first-order valence-electron chi connectivity index (χ1n) is 5.12. The fourth-order valence-corrected chi connectivity index (χ4v) is 1.54. The normalized spacial score (nSPS) is 10.4. The van der Waals surface area contributed by atoms with Gasteiger partial charge in [-0.15, -0.1) is 0 Å². The van der Waals surface area contributed by atoms with Crippen LogP contribution in [0.25, 0.3) is 11.3 Å². The van der Waals surface area contributed by atoms with Gasteiger partial charge in [0.2, 0.25) is 0 Å². The first-order chi connectivity index (χ1) is 7.79. The van der Waals surface area contributed by atoms with Crippen molar-refractivity contribution in [3.8, 4) is 11.3 Å². The molecule has 3 heteroatoms. The molecule has 1 aromatic carbocycles. The molecule has 0 aliphatic rings. The van der Waals surface area contributed by atoms with Gasteiger partial charge < -0.3 is 5.11 Å². The number of aliphatic hydroxyl groups is 1. The van der Waals surface area contributed by atoms with E-state index in [9.17, 15) is 4.39 Å². The fourth-order valence-electron chi connectivity index (χ4n) is 1.54. The van der Waals surface area contributed by atoms with E-state index in [1.807, 2.05) is 24.3 Å². The number of aromatic nitrogens is 1. The van der Waals surface area contributed by atoms with Crippen LogP contribution in [0.2, 0.25) is 0 Å². The van der Waals surface area contributed by atoms with Crippen LogP contribution in [0.5, 0.6) is 0 Å². The number of rotatable bonds is 3. The summed E-state index contributed by atoms with van der Waals surface area (Å²) in [6, 6.07) is 11.9. The molecule has 2 aromatic rings. The summed E-state index contributed by atoms with van der Waals surface area (Å²) >= 11 is 0. The van der Waals surface area contributed by atoms with E-state index in [4.69, 9.17) is 5.11 Å². The van der Waals surface area contributed by atoms with Gasteiger partial charge in [-0.1, -0.05) is 18.2 Å². The van der Waals surface area contributed by atoms with E-state index < -0.39 is 0 Å². The monoisotopic (exact) mass is 217 g/mol. The summed E-state index contributed by atoms with van der Waals surface area (Å²) in [5, 5.41) is 8.83. The minimum atomic E-state index is -0.271. The van der Waals surface area contributed by atoms with Gasteiger partial charge in [0.15, 0.2) is 0 Å². The standard InChI is InChI=1S/C13H12FNO/c14-11-4-1-3-10(9-11)13-6-2-5-12(15-13)7-8-16/h1-6,9,16H,7-8H2. The molecule has 1 heterocycles. The van der Waals surface area contributed by atoms with Crippen LogP contribution in [0.15, 0.2) is 42.5 Å². The van der Waals surface area contributed by atoms with Crippen LogP contribution in [-0.4, -0.2) is 16.7 Å². The predicted octanol–water partition coefficient (Wildman–Crippen LogP) is 2.42. The maximum atomic E-state index is 13.0. The van der Waals surface area contributed by atoms with Crippen molar-refractivity contribution < 1.29 is 9.50 Å². The Labute approximate surface area is 93.4 Å². The third kappa shape index (κ3) is 2.44. The smallest absolute Gasteiger partial charge is 0.123 e. The molecule has 0 aliphatic heterocycles. The Kier molecular flexibility index (Phi) is 3.27. The lowest BCUT2D eigenvalue weighted by atomic mass is 10.1. The van der Waals surface area contributed by atoms with E-state index in [0.717, 1.165) is 17.0 Å². The first kappa shape index (κ1) is 10.8. The Balaban J connectivity index is 2.36. The number of benzene rings is 1.